The van der Waals surface area contributed by atoms with E-state index < -0.39 is 0 Å². The molecule has 0 aliphatic carbocycles. The number of carbonyl (C=O) groups is 1. The van der Waals surface area contributed by atoms with Crippen LogP contribution in [-0.4, -0.2) is 46.0 Å². The first kappa shape index (κ1) is 15.2. The van der Waals surface area contributed by atoms with Gasteiger partial charge in [-0.15, -0.1) is 5.10 Å². The summed E-state index contributed by atoms with van der Waals surface area (Å²) in [6.07, 6.45) is 0.0908. The lowest BCUT2D eigenvalue weighted by Gasteiger charge is -2.17. The van der Waals surface area contributed by atoms with Crippen molar-refractivity contribution in [3.8, 4) is 5.19 Å². The Hall–Kier alpha value is -0.820. The number of rotatable bonds is 7. The molecule has 0 atom stereocenters. The number of carbonyl (C=O) groups excluding carboxylic acids is 1. The zero-order valence-electron chi connectivity index (χ0n) is 11.2. The van der Waals surface area contributed by atoms with E-state index in [1.807, 2.05) is 27.7 Å². The third-order valence-electron chi connectivity index (χ3n) is 2.16. The maximum Gasteiger partial charge on any atom is 0.295 e. The van der Waals surface area contributed by atoms with Crippen LogP contribution in [0, 0.1) is 0 Å². The van der Waals surface area contributed by atoms with Crippen molar-refractivity contribution in [2.75, 3.05) is 18.8 Å². The Morgan fingerprint density at radius 1 is 1.39 bits per heavy atom. The Morgan fingerprint density at radius 3 is 2.61 bits per heavy atom. The highest BCUT2D eigenvalue weighted by atomic mass is 32.2. The van der Waals surface area contributed by atoms with Crippen molar-refractivity contribution in [3.05, 3.63) is 0 Å². The minimum Gasteiger partial charge on any atom is -0.466 e. The van der Waals surface area contributed by atoms with Gasteiger partial charge < -0.3 is 9.64 Å². The molecule has 5 nitrogen and oxygen atoms in total. The normalized spacial score (nSPS) is 10.7. The summed E-state index contributed by atoms with van der Waals surface area (Å²) in [5.74, 6) is 0.532. The van der Waals surface area contributed by atoms with Gasteiger partial charge in [0.05, 0.1) is 11.9 Å². The number of nitrogens with zero attached hydrogens (tertiary/aromatic N) is 3. The molecule has 1 aromatic rings. The van der Waals surface area contributed by atoms with Crippen LogP contribution >= 0.6 is 23.1 Å². The second-order valence-electron chi connectivity index (χ2n) is 3.86. The number of hydrogen-bond acceptors (Lipinski definition) is 6. The number of thioether (sulfide) groups is 1. The number of aromatic nitrogens is 2. The summed E-state index contributed by atoms with van der Waals surface area (Å²) in [5.41, 5.74) is 0. The predicted molar refractivity (Wildman–Crippen MR) is 74.3 cm³/mol. The van der Waals surface area contributed by atoms with Gasteiger partial charge in [0.25, 0.3) is 5.19 Å². The van der Waals surface area contributed by atoms with Crippen LogP contribution in [0.25, 0.3) is 0 Å². The maximum absolute atomic E-state index is 11.8. The van der Waals surface area contributed by atoms with Crippen molar-refractivity contribution in [3.63, 3.8) is 0 Å². The van der Waals surface area contributed by atoms with Crippen LogP contribution < -0.4 is 4.74 Å². The Morgan fingerprint density at radius 2 is 2.06 bits per heavy atom. The molecular weight excluding hydrogens is 270 g/mol. The second-order valence-corrected chi connectivity index (χ2v) is 6.02. The van der Waals surface area contributed by atoms with Crippen molar-refractivity contribution in [1.82, 2.24) is 15.1 Å². The van der Waals surface area contributed by atoms with E-state index in [4.69, 9.17) is 4.74 Å². The molecule has 0 aliphatic rings. The molecule has 7 heteroatoms. The fourth-order valence-corrected chi connectivity index (χ4v) is 3.00. The minimum atomic E-state index is 0.0908. The van der Waals surface area contributed by atoms with E-state index in [1.54, 1.807) is 4.90 Å². The van der Waals surface area contributed by atoms with E-state index in [2.05, 4.69) is 10.2 Å². The molecule has 0 aliphatic heterocycles. The largest absolute Gasteiger partial charge is 0.466 e. The maximum atomic E-state index is 11.8. The van der Waals surface area contributed by atoms with Crippen molar-refractivity contribution in [2.45, 2.75) is 38.1 Å². The molecule has 0 radical (unpaired) electrons. The van der Waals surface area contributed by atoms with Crippen molar-refractivity contribution in [1.29, 1.82) is 0 Å². The zero-order chi connectivity index (χ0) is 13.5. The SMILES string of the molecule is CCN(CC)C(=O)CSc1nnc(OC(C)C)s1. The van der Waals surface area contributed by atoms with Crippen LogP contribution in [0.15, 0.2) is 4.34 Å². The molecule has 0 spiro atoms. The summed E-state index contributed by atoms with van der Waals surface area (Å²) in [6.45, 7) is 9.33. The highest BCUT2D eigenvalue weighted by Gasteiger charge is 2.13. The standard InChI is InChI=1S/C11H19N3O2S2/c1-5-14(6-2)9(15)7-17-11-13-12-10(18-11)16-8(3)4/h8H,5-7H2,1-4H3. The van der Waals surface area contributed by atoms with E-state index in [-0.39, 0.29) is 12.0 Å². The molecule has 18 heavy (non-hydrogen) atoms. The van der Waals surface area contributed by atoms with Crippen molar-refractivity contribution in [2.24, 2.45) is 0 Å². The number of amides is 1. The average molecular weight is 289 g/mol. The molecule has 1 rings (SSSR count). The Balaban J connectivity index is 2.43. The lowest BCUT2D eigenvalue weighted by molar-refractivity contribution is -0.127. The molecule has 1 amide bonds. The van der Waals surface area contributed by atoms with Crippen molar-refractivity contribution >= 4 is 29.0 Å². The first-order valence-electron chi connectivity index (χ1n) is 5.97. The van der Waals surface area contributed by atoms with Gasteiger partial charge in [-0.05, 0) is 39.0 Å². The summed E-state index contributed by atoms with van der Waals surface area (Å²) < 4.78 is 6.20. The number of hydrogen-bond donors (Lipinski definition) is 0. The summed E-state index contributed by atoms with van der Waals surface area (Å²) >= 11 is 2.79. The fourth-order valence-electron chi connectivity index (χ4n) is 1.30. The molecule has 102 valence electrons. The second kappa shape index (κ2) is 7.58. The molecule has 1 aromatic heterocycles. The molecule has 0 unspecified atom stereocenters. The Kier molecular flexibility index (Phi) is 6.42. The quantitative estimate of drug-likeness (QED) is 0.721. The molecule has 0 aromatic carbocycles. The topological polar surface area (TPSA) is 55.3 Å². The van der Waals surface area contributed by atoms with Crippen LogP contribution in [-0.2, 0) is 4.79 Å². The highest BCUT2D eigenvalue weighted by molar-refractivity contribution is 8.01. The van der Waals surface area contributed by atoms with E-state index in [1.165, 1.54) is 23.1 Å². The number of ether oxygens (including phenoxy) is 1. The van der Waals surface area contributed by atoms with Gasteiger partial charge >= 0.3 is 0 Å². The summed E-state index contributed by atoms with van der Waals surface area (Å²) in [7, 11) is 0. The first-order valence-corrected chi connectivity index (χ1v) is 7.77. The third-order valence-corrected chi connectivity index (χ3v) is 4.09. The smallest absolute Gasteiger partial charge is 0.295 e. The zero-order valence-corrected chi connectivity index (χ0v) is 12.8. The van der Waals surface area contributed by atoms with Crippen LogP contribution in [0.5, 0.6) is 5.19 Å². The molecule has 0 bridgehead atoms. The molecular formula is C11H19N3O2S2. The molecule has 0 saturated carbocycles. The van der Waals surface area contributed by atoms with Gasteiger partial charge in [0.2, 0.25) is 5.91 Å². The monoisotopic (exact) mass is 289 g/mol. The fraction of sp³-hybridized carbons (Fsp3) is 0.727. The van der Waals surface area contributed by atoms with E-state index >= 15 is 0 Å². The van der Waals surface area contributed by atoms with E-state index in [0.717, 1.165) is 17.4 Å². The summed E-state index contributed by atoms with van der Waals surface area (Å²) in [6, 6.07) is 0. The third kappa shape index (κ3) is 4.81. The van der Waals surface area contributed by atoms with Crippen molar-refractivity contribution < 1.29 is 9.53 Å². The van der Waals surface area contributed by atoms with Gasteiger partial charge in [-0.2, -0.15) is 0 Å². The molecule has 1 heterocycles. The van der Waals surface area contributed by atoms with Gasteiger partial charge in [0.1, 0.15) is 0 Å². The van der Waals surface area contributed by atoms with Gasteiger partial charge in [-0.25, -0.2) is 0 Å². The van der Waals surface area contributed by atoms with Gasteiger partial charge in [0.15, 0.2) is 4.34 Å². The Bertz CT molecular complexity index is 378. The minimum absolute atomic E-state index is 0.0908. The van der Waals surface area contributed by atoms with Crippen LogP contribution in [0.2, 0.25) is 0 Å². The van der Waals surface area contributed by atoms with Gasteiger partial charge in [-0.1, -0.05) is 16.9 Å². The van der Waals surface area contributed by atoms with Crippen LogP contribution in [0.4, 0.5) is 0 Å². The lowest BCUT2D eigenvalue weighted by Crippen LogP contribution is -2.31. The van der Waals surface area contributed by atoms with Crippen LogP contribution in [0.3, 0.4) is 0 Å². The average Bonchev–Trinajstić information content (AvgIpc) is 2.75. The summed E-state index contributed by atoms with van der Waals surface area (Å²) in [4.78, 5) is 13.6. The summed E-state index contributed by atoms with van der Waals surface area (Å²) in [5, 5.41) is 8.47. The van der Waals surface area contributed by atoms with E-state index in [0.29, 0.717) is 10.9 Å². The first-order chi connectivity index (χ1) is 8.56. The molecule has 0 N–H and O–H groups in total. The lowest BCUT2D eigenvalue weighted by atomic mass is 10.5. The van der Waals surface area contributed by atoms with Crippen LogP contribution in [0.1, 0.15) is 27.7 Å². The highest BCUT2D eigenvalue weighted by Crippen LogP contribution is 2.27. The molecule has 0 fully saturated rings. The van der Waals surface area contributed by atoms with Gasteiger partial charge in [-0.3, -0.25) is 4.79 Å². The Labute approximate surface area is 116 Å². The van der Waals surface area contributed by atoms with E-state index in [9.17, 15) is 4.79 Å². The molecule has 0 saturated heterocycles. The van der Waals surface area contributed by atoms with Gasteiger partial charge in [0, 0.05) is 13.1 Å². The predicted octanol–water partition coefficient (Wildman–Crippen LogP) is 2.29.